The molecule has 7 nitrogen and oxygen atoms in total. The summed E-state index contributed by atoms with van der Waals surface area (Å²) in [4.78, 5) is 13.7. The van der Waals surface area contributed by atoms with Crippen LogP contribution < -0.4 is 5.32 Å². The van der Waals surface area contributed by atoms with Crippen molar-refractivity contribution in [3.05, 3.63) is 5.82 Å². The Morgan fingerprint density at radius 1 is 1.53 bits per heavy atom. The second-order valence-electron chi connectivity index (χ2n) is 4.36. The summed E-state index contributed by atoms with van der Waals surface area (Å²) in [5.74, 6) is 0.765. The number of carbonyl (C=O) groups is 1. The molecule has 1 aromatic rings. The SMILES string of the molecule is CNCCC1CCN(C(=O)c2nn[nH]n2)CC1. The normalized spacial score (nSPS) is 17.4. The maximum Gasteiger partial charge on any atom is 0.295 e. The zero-order chi connectivity index (χ0) is 12.1. The smallest absolute Gasteiger partial charge is 0.295 e. The molecule has 0 atom stereocenters. The van der Waals surface area contributed by atoms with Crippen LogP contribution in [0.4, 0.5) is 0 Å². The lowest BCUT2D eigenvalue weighted by Crippen LogP contribution is -2.39. The molecule has 0 aliphatic carbocycles. The van der Waals surface area contributed by atoms with Gasteiger partial charge in [0.05, 0.1) is 0 Å². The molecular formula is C10H18N6O. The Morgan fingerprint density at radius 2 is 2.29 bits per heavy atom. The van der Waals surface area contributed by atoms with Gasteiger partial charge in [-0.05, 0) is 44.0 Å². The first-order valence-electron chi connectivity index (χ1n) is 5.98. The highest BCUT2D eigenvalue weighted by Gasteiger charge is 2.25. The molecule has 0 bridgehead atoms. The van der Waals surface area contributed by atoms with Crippen molar-refractivity contribution in [2.75, 3.05) is 26.7 Å². The van der Waals surface area contributed by atoms with Crippen molar-refractivity contribution in [3.8, 4) is 0 Å². The van der Waals surface area contributed by atoms with Gasteiger partial charge in [0.15, 0.2) is 0 Å². The van der Waals surface area contributed by atoms with Crippen LogP contribution in [0.2, 0.25) is 0 Å². The average Bonchev–Trinajstić information content (AvgIpc) is 2.90. The van der Waals surface area contributed by atoms with E-state index >= 15 is 0 Å². The zero-order valence-corrected chi connectivity index (χ0v) is 10.0. The number of hydrogen-bond acceptors (Lipinski definition) is 5. The van der Waals surface area contributed by atoms with Gasteiger partial charge in [-0.2, -0.15) is 5.21 Å². The Balaban J connectivity index is 1.81. The van der Waals surface area contributed by atoms with E-state index < -0.39 is 0 Å². The van der Waals surface area contributed by atoms with Crippen LogP contribution in [0.15, 0.2) is 0 Å². The van der Waals surface area contributed by atoms with E-state index in [1.807, 2.05) is 7.05 Å². The summed E-state index contributed by atoms with van der Waals surface area (Å²) in [6.45, 7) is 2.63. The van der Waals surface area contributed by atoms with Crippen molar-refractivity contribution in [2.45, 2.75) is 19.3 Å². The summed E-state index contributed by atoms with van der Waals surface area (Å²) in [7, 11) is 1.97. The van der Waals surface area contributed by atoms with Crippen LogP contribution in [0, 0.1) is 5.92 Å². The molecule has 1 aliphatic heterocycles. The summed E-state index contributed by atoms with van der Waals surface area (Å²) in [5.41, 5.74) is 0. The lowest BCUT2D eigenvalue weighted by atomic mass is 9.93. The van der Waals surface area contributed by atoms with Crippen molar-refractivity contribution in [1.82, 2.24) is 30.8 Å². The van der Waals surface area contributed by atoms with Gasteiger partial charge in [-0.1, -0.05) is 0 Å². The maximum absolute atomic E-state index is 11.9. The minimum Gasteiger partial charge on any atom is -0.336 e. The molecule has 0 saturated carbocycles. The van der Waals surface area contributed by atoms with Gasteiger partial charge >= 0.3 is 0 Å². The van der Waals surface area contributed by atoms with E-state index in [1.165, 1.54) is 6.42 Å². The minimum absolute atomic E-state index is 0.120. The third kappa shape index (κ3) is 3.00. The fourth-order valence-corrected chi connectivity index (χ4v) is 2.17. The standard InChI is InChI=1S/C10H18N6O/c1-11-5-2-8-3-6-16(7-4-8)10(17)9-12-14-15-13-9/h8,11H,2-7H2,1H3,(H,12,13,14,15). The van der Waals surface area contributed by atoms with Gasteiger partial charge in [0.1, 0.15) is 0 Å². The van der Waals surface area contributed by atoms with Crippen LogP contribution in [0.1, 0.15) is 29.9 Å². The van der Waals surface area contributed by atoms with Crippen molar-refractivity contribution >= 4 is 5.91 Å². The topological polar surface area (TPSA) is 86.8 Å². The highest BCUT2D eigenvalue weighted by molar-refractivity contribution is 5.90. The number of amides is 1. The van der Waals surface area contributed by atoms with Gasteiger partial charge in [0.25, 0.3) is 11.7 Å². The molecular weight excluding hydrogens is 220 g/mol. The second kappa shape index (κ2) is 5.72. The first-order chi connectivity index (χ1) is 8.31. The van der Waals surface area contributed by atoms with Crippen LogP contribution in [-0.2, 0) is 0 Å². The highest BCUT2D eigenvalue weighted by atomic mass is 16.2. The number of hydrogen-bond donors (Lipinski definition) is 2. The van der Waals surface area contributed by atoms with Gasteiger partial charge in [-0.15, -0.1) is 10.2 Å². The molecule has 0 unspecified atom stereocenters. The minimum atomic E-state index is -0.120. The monoisotopic (exact) mass is 238 g/mol. The number of carbonyl (C=O) groups excluding carboxylic acids is 1. The molecule has 0 aromatic carbocycles. The lowest BCUT2D eigenvalue weighted by molar-refractivity contribution is 0.0675. The van der Waals surface area contributed by atoms with Gasteiger partial charge in [-0.25, -0.2) is 0 Å². The van der Waals surface area contributed by atoms with Gasteiger partial charge < -0.3 is 10.2 Å². The highest BCUT2D eigenvalue weighted by Crippen LogP contribution is 2.20. The van der Waals surface area contributed by atoms with E-state index in [2.05, 4.69) is 25.9 Å². The van der Waals surface area contributed by atoms with Crippen LogP contribution in [-0.4, -0.2) is 58.1 Å². The number of nitrogens with zero attached hydrogens (tertiary/aromatic N) is 4. The third-order valence-electron chi connectivity index (χ3n) is 3.24. The van der Waals surface area contributed by atoms with E-state index in [-0.39, 0.29) is 11.7 Å². The predicted octanol–water partition coefficient (Wildman–Crippen LogP) is -0.339. The fourth-order valence-electron chi connectivity index (χ4n) is 2.17. The molecule has 1 aromatic heterocycles. The molecule has 1 saturated heterocycles. The van der Waals surface area contributed by atoms with E-state index in [9.17, 15) is 4.79 Å². The fraction of sp³-hybridized carbons (Fsp3) is 0.800. The Labute approximate surface area is 100.0 Å². The van der Waals surface area contributed by atoms with E-state index in [1.54, 1.807) is 4.90 Å². The van der Waals surface area contributed by atoms with E-state index in [4.69, 9.17) is 0 Å². The number of rotatable bonds is 4. The molecule has 1 amide bonds. The summed E-state index contributed by atoms with van der Waals surface area (Å²) in [6.07, 6.45) is 3.30. The Kier molecular flexibility index (Phi) is 4.03. The van der Waals surface area contributed by atoms with E-state index in [0.29, 0.717) is 0 Å². The molecule has 1 fully saturated rings. The Hall–Kier alpha value is -1.50. The molecule has 2 rings (SSSR count). The maximum atomic E-state index is 11.9. The number of piperidine rings is 1. The van der Waals surface area contributed by atoms with Gasteiger partial charge in [0, 0.05) is 13.1 Å². The Bertz CT molecular complexity index is 344. The molecule has 0 spiro atoms. The Morgan fingerprint density at radius 3 is 2.88 bits per heavy atom. The lowest BCUT2D eigenvalue weighted by Gasteiger charge is -2.31. The van der Waals surface area contributed by atoms with Gasteiger partial charge in [0.2, 0.25) is 0 Å². The van der Waals surface area contributed by atoms with Crippen LogP contribution in [0.5, 0.6) is 0 Å². The number of likely N-dealkylation sites (tertiary alicyclic amines) is 1. The van der Waals surface area contributed by atoms with Crippen LogP contribution >= 0.6 is 0 Å². The van der Waals surface area contributed by atoms with Crippen molar-refractivity contribution in [1.29, 1.82) is 0 Å². The van der Waals surface area contributed by atoms with Crippen molar-refractivity contribution in [3.63, 3.8) is 0 Å². The molecule has 7 heteroatoms. The molecule has 2 N–H and O–H groups in total. The van der Waals surface area contributed by atoms with Gasteiger partial charge in [-0.3, -0.25) is 4.79 Å². The molecule has 94 valence electrons. The number of aromatic nitrogens is 4. The molecule has 1 aliphatic rings. The quantitative estimate of drug-likeness (QED) is 0.749. The van der Waals surface area contributed by atoms with Crippen molar-refractivity contribution in [2.24, 2.45) is 5.92 Å². The summed E-state index contributed by atoms with van der Waals surface area (Å²) >= 11 is 0. The summed E-state index contributed by atoms with van der Waals surface area (Å²) in [6, 6.07) is 0. The summed E-state index contributed by atoms with van der Waals surface area (Å²) in [5, 5.41) is 16.3. The van der Waals surface area contributed by atoms with E-state index in [0.717, 1.165) is 38.4 Å². The number of tetrazole rings is 1. The van der Waals surface area contributed by atoms with Crippen molar-refractivity contribution < 1.29 is 4.79 Å². The molecule has 17 heavy (non-hydrogen) atoms. The van der Waals surface area contributed by atoms with Crippen LogP contribution in [0.25, 0.3) is 0 Å². The largest absolute Gasteiger partial charge is 0.336 e. The second-order valence-corrected chi connectivity index (χ2v) is 4.36. The first-order valence-corrected chi connectivity index (χ1v) is 5.98. The summed E-state index contributed by atoms with van der Waals surface area (Å²) < 4.78 is 0. The predicted molar refractivity (Wildman–Crippen MR) is 61.3 cm³/mol. The average molecular weight is 238 g/mol. The number of aromatic amines is 1. The molecule has 0 radical (unpaired) electrons. The first kappa shape index (κ1) is 12.0. The number of nitrogens with one attached hydrogen (secondary N) is 2. The van der Waals surface area contributed by atoms with Crippen LogP contribution in [0.3, 0.4) is 0 Å². The number of H-pyrrole nitrogens is 1. The molecule has 2 heterocycles. The third-order valence-corrected chi connectivity index (χ3v) is 3.24. The zero-order valence-electron chi connectivity index (χ0n) is 10.0.